The first-order valence-electron chi connectivity index (χ1n) is 23.6. The summed E-state index contributed by atoms with van der Waals surface area (Å²) in [6, 6.07) is 12.6. The van der Waals surface area contributed by atoms with Gasteiger partial charge in [0.2, 0.25) is 11.8 Å². The van der Waals surface area contributed by atoms with Gasteiger partial charge >= 0.3 is 5.97 Å². The fraction of sp³-hybridized carbons (Fsp3) is 0.180. The maximum Gasteiger partial charge on any atom is 0.337 e. The van der Waals surface area contributed by atoms with Crippen molar-refractivity contribution in [3.63, 3.8) is 0 Å². The van der Waals surface area contributed by atoms with Gasteiger partial charge < -0.3 is 41.5 Å². The van der Waals surface area contributed by atoms with E-state index in [0.717, 1.165) is 40.2 Å². The zero-order valence-electron chi connectivity index (χ0n) is 41.6. The minimum absolute atomic E-state index is 0.00230. The molecule has 1 aromatic carbocycles. The van der Waals surface area contributed by atoms with Crippen molar-refractivity contribution in [3.05, 3.63) is 136 Å². The number of aliphatic hydroxyl groups is 1. The van der Waals surface area contributed by atoms with E-state index in [9.17, 15) is 43.8 Å². The minimum atomic E-state index is -1.29. The minimum Gasteiger partial charge on any atom is -0.478 e. The quantitative estimate of drug-likeness (QED) is 0.0699. The highest BCUT2D eigenvalue weighted by Crippen LogP contribution is 2.40. The van der Waals surface area contributed by atoms with Crippen LogP contribution in [-0.2, 0) is 20.9 Å². The van der Waals surface area contributed by atoms with Crippen molar-refractivity contribution < 1.29 is 48.5 Å². The number of carboxylic acids is 1. The van der Waals surface area contributed by atoms with Crippen molar-refractivity contribution >= 4 is 120 Å². The molecule has 6 amide bonds. The molecule has 8 N–H and O–H groups in total. The van der Waals surface area contributed by atoms with Crippen LogP contribution in [0.2, 0.25) is 0 Å². The number of aryl methyl sites for hydroxylation is 1. The standard InChI is InChI=1S/C50H40N14O10S6/c1-21-35-43(71)64-50-63-37(31(80-50)16-74-3)42(70)53-15-34(66)61-38(39(67)22-7-5-4-6-8-22)48-58-30(19-77-48)46-56-28(17-76-46)36-24(44-57-29(18-75-44)41(69)55-27(13-33(65)51-2)47(62-35)79-21)10-12-26(54-36)45-60-32(20-78-45)59-40(68)25-11-9-23(14-52-25)49(72)73/h4-12,14,17-20,27,38-39,67H,13,15-16H2,1-3H3,(H,51,65)(H,53,70)(H,55,69)(H,59,68)(H,61,66)(H,72,73)(H,63,64,71)/t27-,38-,39-/m0/s1. The van der Waals surface area contributed by atoms with Gasteiger partial charge in [0.15, 0.2) is 5.13 Å². The summed E-state index contributed by atoms with van der Waals surface area (Å²) in [5.74, 6) is -4.80. The average Bonchev–Trinajstić information content (AvgIpc) is 4.54. The van der Waals surface area contributed by atoms with E-state index < -0.39 is 66.1 Å². The van der Waals surface area contributed by atoms with Gasteiger partial charge in [0.25, 0.3) is 23.6 Å². The van der Waals surface area contributed by atoms with Crippen molar-refractivity contribution in [2.45, 2.75) is 38.1 Å². The molecule has 9 heterocycles. The summed E-state index contributed by atoms with van der Waals surface area (Å²) in [7, 11) is 2.87. The van der Waals surface area contributed by atoms with Crippen LogP contribution in [0.15, 0.2) is 82.3 Å². The molecule has 24 nitrogen and oxygen atoms in total. The first-order chi connectivity index (χ1) is 38.6. The van der Waals surface area contributed by atoms with Crippen molar-refractivity contribution in [2.75, 3.05) is 31.3 Å². The Hall–Kier alpha value is -8.49. The van der Waals surface area contributed by atoms with E-state index in [-0.39, 0.29) is 57.3 Å². The molecular weight excluding hydrogens is 1150 g/mol. The molecule has 0 saturated carbocycles. The number of aliphatic hydroxyl groups excluding tert-OH is 1. The highest BCUT2D eigenvalue weighted by Gasteiger charge is 2.31. The number of rotatable bonds is 10. The fourth-order valence-electron chi connectivity index (χ4n) is 7.81. The van der Waals surface area contributed by atoms with Gasteiger partial charge in [0.05, 0.1) is 41.7 Å². The zero-order chi connectivity index (χ0) is 56.2. The van der Waals surface area contributed by atoms with Gasteiger partial charge in [0, 0.05) is 52.3 Å². The number of aromatic carboxylic acids is 1. The highest BCUT2D eigenvalue weighted by atomic mass is 32.1. The summed E-state index contributed by atoms with van der Waals surface area (Å²) in [6.45, 7) is 1.05. The number of aromatic nitrogens is 8. The number of amides is 6. The van der Waals surface area contributed by atoms with Crippen LogP contribution < -0.4 is 31.9 Å². The number of carbonyl (C=O) groups excluding carboxylic acids is 6. The van der Waals surface area contributed by atoms with Crippen molar-refractivity contribution in [3.8, 4) is 43.4 Å². The van der Waals surface area contributed by atoms with Gasteiger partial charge in [-0.15, -0.1) is 56.7 Å². The molecule has 1 aliphatic rings. The van der Waals surface area contributed by atoms with Crippen LogP contribution in [0.4, 0.5) is 10.9 Å². The second kappa shape index (κ2) is 23.9. The van der Waals surface area contributed by atoms with E-state index in [0.29, 0.717) is 63.7 Å². The Balaban J connectivity index is 1.03. The number of thiazole rings is 6. The molecule has 10 bridgehead atoms. The summed E-state index contributed by atoms with van der Waals surface area (Å²) in [5, 5.41) is 45.7. The highest BCUT2D eigenvalue weighted by molar-refractivity contribution is 7.16. The zero-order valence-corrected chi connectivity index (χ0v) is 46.5. The molecule has 0 saturated heterocycles. The van der Waals surface area contributed by atoms with Crippen molar-refractivity contribution in [1.29, 1.82) is 0 Å². The number of carbonyl (C=O) groups is 7. The molecule has 9 aromatic rings. The Bertz CT molecular complexity index is 3850. The van der Waals surface area contributed by atoms with Crippen LogP contribution in [0, 0.1) is 6.92 Å². The Labute approximate surface area is 475 Å². The average molecular weight is 1190 g/mol. The normalized spacial score (nSPS) is 15.2. The van der Waals surface area contributed by atoms with E-state index in [1.165, 1.54) is 60.3 Å². The number of pyridine rings is 2. The lowest BCUT2D eigenvalue weighted by molar-refractivity contribution is -0.122. The monoisotopic (exact) mass is 1190 g/mol. The summed E-state index contributed by atoms with van der Waals surface area (Å²) in [4.78, 5) is 131. The number of hydrogen-bond donors (Lipinski definition) is 8. The molecule has 0 spiro atoms. The molecule has 0 aliphatic carbocycles. The summed E-state index contributed by atoms with van der Waals surface area (Å²) >= 11 is 6.80. The molecule has 406 valence electrons. The molecule has 10 rings (SSSR count). The van der Waals surface area contributed by atoms with Crippen molar-refractivity contribution in [1.82, 2.24) is 61.1 Å². The Morgan fingerprint density at radius 1 is 0.738 bits per heavy atom. The Kier molecular flexibility index (Phi) is 16.4. The molecule has 8 aromatic heterocycles. The molecule has 1 aliphatic heterocycles. The predicted octanol–water partition coefficient (Wildman–Crippen LogP) is 6.78. The Morgan fingerprint density at radius 2 is 1.49 bits per heavy atom. The van der Waals surface area contributed by atoms with Gasteiger partial charge in [0.1, 0.15) is 82.9 Å². The lowest BCUT2D eigenvalue weighted by Gasteiger charge is -2.23. The van der Waals surface area contributed by atoms with Crippen LogP contribution in [0.25, 0.3) is 43.4 Å². The predicted molar refractivity (Wildman–Crippen MR) is 299 cm³/mol. The van der Waals surface area contributed by atoms with E-state index in [4.69, 9.17) is 24.7 Å². The molecule has 30 heteroatoms. The second-order valence-corrected chi connectivity index (χ2v) is 22.9. The first kappa shape index (κ1) is 54.8. The topological polar surface area (TPSA) is 344 Å². The smallest absolute Gasteiger partial charge is 0.337 e. The number of fused-ring (bicyclic) bond motifs is 14. The largest absolute Gasteiger partial charge is 0.478 e. The van der Waals surface area contributed by atoms with Gasteiger partial charge in [-0.25, -0.2) is 39.7 Å². The number of nitrogens with one attached hydrogen (secondary N) is 6. The van der Waals surface area contributed by atoms with E-state index >= 15 is 0 Å². The van der Waals surface area contributed by atoms with Crippen LogP contribution in [0.1, 0.15) is 102 Å². The van der Waals surface area contributed by atoms with E-state index in [1.54, 1.807) is 70.9 Å². The third kappa shape index (κ3) is 12.1. The van der Waals surface area contributed by atoms with Gasteiger partial charge in [-0.1, -0.05) is 41.7 Å². The van der Waals surface area contributed by atoms with Gasteiger partial charge in [-0.05, 0) is 36.8 Å². The van der Waals surface area contributed by atoms with E-state index in [1.807, 2.05) is 0 Å². The summed E-state index contributed by atoms with van der Waals surface area (Å²) in [6.07, 6.45) is -0.457. The summed E-state index contributed by atoms with van der Waals surface area (Å²) < 4.78 is 5.33. The van der Waals surface area contributed by atoms with E-state index in [2.05, 4.69) is 51.8 Å². The number of carboxylic acid groups (broad SMARTS) is 1. The lowest BCUT2D eigenvalue weighted by atomic mass is 10.0. The second-order valence-electron chi connectivity index (χ2n) is 17.1. The molecule has 0 radical (unpaired) electrons. The molecular formula is C50H40N14O10S6. The SMILES string of the molecule is CNC(=O)C[C@@H]1NC(=O)c2csc(n2)-c2ccc(-c3nc(NC(=O)c4ccc(C(=O)O)cn4)cs3)nc2-c2csc(n2)-c2csc(n2)[C@H]([C@@H](O)c2ccccc2)NC(=O)CNC(=O)c2nc(sc2COC)NC(=O)c2nc1sc2C. The Morgan fingerprint density at radius 3 is 2.25 bits per heavy atom. The number of hydrogen-bond acceptors (Lipinski definition) is 23. The summed E-state index contributed by atoms with van der Waals surface area (Å²) in [5.41, 5.74) is 2.20. The number of benzene rings is 1. The molecule has 3 atom stereocenters. The number of ether oxygens (including phenoxy) is 1. The molecule has 80 heavy (non-hydrogen) atoms. The number of methoxy groups -OCH3 is 1. The third-order valence-corrected chi connectivity index (χ3v) is 17.3. The fourth-order valence-corrected chi connectivity index (χ4v) is 13.0. The van der Waals surface area contributed by atoms with Crippen LogP contribution in [-0.4, -0.2) is 112 Å². The number of anilines is 2. The maximum atomic E-state index is 14.2. The first-order valence-corrected chi connectivity index (χ1v) is 28.7. The number of nitrogens with zero attached hydrogens (tertiary/aromatic N) is 8. The van der Waals surface area contributed by atoms with Crippen molar-refractivity contribution in [2.24, 2.45) is 0 Å². The van der Waals surface area contributed by atoms with Crippen LogP contribution >= 0.6 is 68.0 Å². The van der Waals surface area contributed by atoms with Gasteiger partial charge in [-0.2, -0.15) is 0 Å². The molecule has 0 unspecified atom stereocenters. The maximum absolute atomic E-state index is 14.2. The van der Waals surface area contributed by atoms with Crippen LogP contribution in [0.5, 0.6) is 0 Å². The lowest BCUT2D eigenvalue weighted by Crippen LogP contribution is -2.40. The molecule has 0 fully saturated rings. The van der Waals surface area contributed by atoms with Crippen LogP contribution in [0.3, 0.4) is 0 Å². The third-order valence-electron chi connectivity index (χ3n) is 11.7. The van der Waals surface area contributed by atoms with Gasteiger partial charge in [-0.3, -0.25) is 39.1 Å².